The van der Waals surface area contributed by atoms with Crippen LogP contribution < -0.4 is 5.32 Å². The molecule has 5 nitrogen and oxygen atoms in total. The summed E-state index contributed by atoms with van der Waals surface area (Å²) < 4.78 is 11.5. The number of nitrogens with one attached hydrogen (secondary N) is 1. The average Bonchev–Trinajstić information content (AvgIpc) is 3.31. The van der Waals surface area contributed by atoms with E-state index in [1.165, 1.54) is 4.88 Å². The van der Waals surface area contributed by atoms with Gasteiger partial charge in [-0.3, -0.25) is 9.69 Å². The fraction of sp³-hybridized carbons (Fsp3) is 0.722. The number of rotatable bonds is 4. The van der Waals surface area contributed by atoms with E-state index in [1.54, 1.807) is 11.3 Å². The molecule has 0 aromatic carbocycles. The highest BCUT2D eigenvalue weighted by atomic mass is 32.1. The van der Waals surface area contributed by atoms with Crippen LogP contribution >= 0.6 is 11.3 Å². The minimum Gasteiger partial charge on any atom is -0.381 e. The van der Waals surface area contributed by atoms with Crippen LogP contribution in [0.5, 0.6) is 0 Å². The Balaban J connectivity index is 1.40. The SMILES string of the molecule is O=C(NCc1cccs1)[C@H]1C[C@H]2OCC[C@H]2N(C2CCOCC2)C1. The predicted octanol–water partition coefficient (Wildman–Crippen LogP) is 2.02. The van der Waals surface area contributed by atoms with Gasteiger partial charge in [-0.1, -0.05) is 6.07 Å². The van der Waals surface area contributed by atoms with Gasteiger partial charge >= 0.3 is 0 Å². The van der Waals surface area contributed by atoms with Gasteiger partial charge in [0, 0.05) is 43.3 Å². The highest BCUT2D eigenvalue weighted by molar-refractivity contribution is 7.09. The van der Waals surface area contributed by atoms with Crippen molar-refractivity contribution < 1.29 is 14.3 Å². The number of carbonyl (C=O) groups excluding carboxylic acids is 1. The Hall–Kier alpha value is -0.950. The molecule has 3 saturated heterocycles. The summed E-state index contributed by atoms with van der Waals surface area (Å²) in [6.07, 6.45) is 4.34. The Labute approximate surface area is 147 Å². The molecule has 0 radical (unpaired) electrons. The summed E-state index contributed by atoms with van der Waals surface area (Å²) in [6, 6.07) is 5.13. The van der Waals surface area contributed by atoms with Gasteiger partial charge in [0.15, 0.2) is 0 Å². The molecule has 24 heavy (non-hydrogen) atoms. The Kier molecular flexibility index (Phi) is 5.17. The molecule has 1 aromatic heterocycles. The van der Waals surface area contributed by atoms with Gasteiger partial charge in [-0.25, -0.2) is 0 Å². The summed E-state index contributed by atoms with van der Waals surface area (Å²) in [7, 11) is 0. The number of likely N-dealkylation sites (tertiary alicyclic amines) is 1. The van der Waals surface area contributed by atoms with Crippen molar-refractivity contribution in [3.05, 3.63) is 22.4 Å². The van der Waals surface area contributed by atoms with E-state index < -0.39 is 0 Å². The minimum atomic E-state index is 0.0344. The molecule has 6 heteroatoms. The summed E-state index contributed by atoms with van der Waals surface area (Å²) in [5.41, 5.74) is 0. The molecule has 0 saturated carbocycles. The van der Waals surface area contributed by atoms with Crippen LogP contribution in [-0.4, -0.2) is 55.4 Å². The minimum absolute atomic E-state index is 0.0344. The Bertz CT molecular complexity index is 544. The molecule has 0 spiro atoms. The van der Waals surface area contributed by atoms with Crippen molar-refractivity contribution in [3.63, 3.8) is 0 Å². The van der Waals surface area contributed by atoms with Crippen molar-refractivity contribution >= 4 is 17.2 Å². The first-order valence-corrected chi connectivity index (χ1v) is 9.94. The van der Waals surface area contributed by atoms with Crippen molar-refractivity contribution in [1.82, 2.24) is 10.2 Å². The molecule has 3 fully saturated rings. The standard InChI is InChI=1S/C18H26N2O3S/c21-18(19-11-15-2-1-9-24-15)13-10-17-16(5-8-23-17)20(12-13)14-3-6-22-7-4-14/h1-2,9,13-14,16-17H,3-8,10-12H2,(H,19,21)/t13-,16+,17+/m0/s1. The van der Waals surface area contributed by atoms with Gasteiger partial charge in [0.05, 0.1) is 18.6 Å². The number of hydrogen-bond acceptors (Lipinski definition) is 5. The maximum atomic E-state index is 12.7. The molecule has 3 aliphatic rings. The van der Waals surface area contributed by atoms with E-state index >= 15 is 0 Å². The Morgan fingerprint density at radius 3 is 2.96 bits per heavy atom. The van der Waals surface area contributed by atoms with E-state index in [-0.39, 0.29) is 17.9 Å². The molecule has 132 valence electrons. The van der Waals surface area contributed by atoms with Crippen LogP contribution in [0, 0.1) is 5.92 Å². The maximum absolute atomic E-state index is 12.7. The lowest BCUT2D eigenvalue weighted by atomic mass is 9.87. The van der Waals surface area contributed by atoms with E-state index in [0.29, 0.717) is 18.6 Å². The number of ether oxygens (including phenoxy) is 2. The molecule has 0 bridgehead atoms. The summed E-state index contributed by atoms with van der Waals surface area (Å²) in [5, 5.41) is 5.17. The zero-order valence-electron chi connectivity index (χ0n) is 14.0. The molecule has 4 rings (SSSR count). The Morgan fingerprint density at radius 2 is 2.17 bits per heavy atom. The first-order valence-electron chi connectivity index (χ1n) is 9.06. The van der Waals surface area contributed by atoms with Gasteiger partial charge in [0.1, 0.15) is 0 Å². The van der Waals surface area contributed by atoms with Gasteiger partial charge in [0.2, 0.25) is 5.91 Å². The number of carbonyl (C=O) groups is 1. The highest BCUT2D eigenvalue weighted by Gasteiger charge is 2.44. The van der Waals surface area contributed by atoms with Crippen molar-refractivity contribution in [2.75, 3.05) is 26.4 Å². The second-order valence-corrected chi connectivity index (χ2v) is 8.07. The van der Waals surface area contributed by atoms with Crippen molar-refractivity contribution in [2.24, 2.45) is 5.92 Å². The summed E-state index contributed by atoms with van der Waals surface area (Å²) >= 11 is 1.69. The lowest BCUT2D eigenvalue weighted by Gasteiger charge is -2.45. The second-order valence-electron chi connectivity index (χ2n) is 7.04. The summed E-state index contributed by atoms with van der Waals surface area (Å²) in [6.45, 7) is 4.02. The summed E-state index contributed by atoms with van der Waals surface area (Å²) in [4.78, 5) is 16.5. The van der Waals surface area contributed by atoms with Gasteiger partial charge in [0.25, 0.3) is 0 Å². The van der Waals surface area contributed by atoms with E-state index in [0.717, 1.165) is 52.0 Å². The number of amides is 1. The maximum Gasteiger partial charge on any atom is 0.224 e. The third kappa shape index (κ3) is 3.52. The number of thiophene rings is 1. The fourth-order valence-corrected chi connectivity index (χ4v) is 4.99. The molecule has 0 unspecified atom stereocenters. The molecule has 4 heterocycles. The third-order valence-corrected chi connectivity index (χ3v) is 6.47. The molecular weight excluding hydrogens is 324 g/mol. The zero-order valence-corrected chi connectivity index (χ0v) is 14.8. The number of nitrogens with zero attached hydrogens (tertiary/aromatic N) is 1. The van der Waals surface area contributed by atoms with Crippen LogP contribution in [0.25, 0.3) is 0 Å². The lowest BCUT2D eigenvalue weighted by Crippen LogP contribution is -2.57. The van der Waals surface area contributed by atoms with E-state index in [2.05, 4.69) is 16.3 Å². The molecular formula is C18H26N2O3S. The number of piperidine rings is 1. The van der Waals surface area contributed by atoms with E-state index in [1.807, 2.05) is 11.4 Å². The largest absolute Gasteiger partial charge is 0.381 e. The lowest BCUT2D eigenvalue weighted by molar-refractivity contribution is -0.131. The average molecular weight is 350 g/mol. The fourth-order valence-electron chi connectivity index (χ4n) is 4.34. The van der Waals surface area contributed by atoms with Crippen LogP contribution in [-0.2, 0) is 20.8 Å². The van der Waals surface area contributed by atoms with Crippen LogP contribution in [0.15, 0.2) is 17.5 Å². The van der Waals surface area contributed by atoms with Crippen LogP contribution in [0.3, 0.4) is 0 Å². The molecule has 3 aliphatic heterocycles. The van der Waals surface area contributed by atoms with E-state index in [9.17, 15) is 4.79 Å². The molecule has 0 aliphatic carbocycles. The number of fused-ring (bicyclic) bond motifs is 1. The van der Waals surface area contributed by atoms with Gasteiger partial charge in [-0.2, -0.15) is 0 Å². The normalized spacial score (nSPS) is 31.8. The smallest absolute Gasteiger partial charge is 0.224 e. The second kappa shape index (κ2) is 7.52. The van der Waals surface area contributed by atoms with E-state index in [4.69, 9.17) is 9.47 Å². The van der Waals surface area contributed by atoms with Gasteiger partial charge < -0.3 is 14.8 Å². The van der Waals surface area contributed by atoms with Crippen LogP contribution in [0.1, 0.15) is 30.6 Å². The Morgan fingerprint density at radius 1 is 1.29 bits per heavy atom. The van der Waals surface area contributed by atoms with Crippen molar-refractivity contribution in [2.45, 2.75) is 50.4 Å². The molecule has 3 atom stereocenters. The summed E-state index contributed by atoms with van der Waals surface area (Å²) in [5.74, 6) is 0.210. The predicted molar refractivity (Wildman–Crippen MR) is 93.0 cm³/mol. The van der Waals surface area contributed by atoms with Crippen molar-refractivity contribution in [1.29, 1.82) is 0 Å². The van der Waals surface area contributed by atoms with Gasteiger partial charge in [-0.15, -0.1) is 11.3 Å². The quantitative estimate of drug-likeness (QED) is 0.903. The topological polar surface area (TPSA) is 50.8 Å². The van der Waals surface area contributed by atoms with Crippen molar-refractivity contribution in [3.8, 4) is 0 Å². The zero-order chi connectivity index (χ0) is 16.4. The van der Waals surface area contributed by atoms with Crippen LogP contribution in [0.2, 0.25) is 0 Å². The third-order valence-electron chi connectivity index (χ3n) is 5.60. The molecule has 1 aromatic rings. The number of hydrogen-bond donors (Lipinski definition) is 1. The molecule has 1 N–H and O–H groups in total. The molecule has 1 amide bonds. The monoisotopic (exact) mass is 350 g/mol. The van der Waals surface area contributed by atoms with Gasteiger partial charge in [-0.05, 0) is 37.1 Å². The highest BCUT2D eigenvalue weighted by Crippen LogP contribution is 2.34. The first-order chi connectivity index (χ1) is 11.8. The van der Waals surface area contributed by atoms with Crippen LogP contribution in [0.4, 0.5) is 0 Å². The first kappa shape index (κ1) is 16.5.